The fourth-order valence-electron chi connectivity index (χ4n) is 2.75. The number of esters is 1. The summed E-state index contributed by atoms with van der Waals surface area (Å²) in [4.78, 5) is 23.8. The number of para-hydroxylation sites is 2. The highest BCUT2D eigenvalue weighted by Gasteiger charge is 2.21. The summed E-state index contributed by atoms with van der Waals surface area (Å²) in [6, 6.07) is 13.2. The van der Waals surface area contributed by atoms with Crippen LogP contribution in [0.3, 0.4) is 0 Å². The molecule has 29 heavy (non-hydrogen) atoms. The Morgan fingerprint density at radius 2 is 1.79 bits per heavy atom. The summed E-state index contributed by atoms with van der Waals surface area (Å²) < 4.78 is 35.6. The lowest BCUT2D eigenvalue weighted by Crippen LogP contribution is -2.31. The van der Waals surface area contributed by atoms with Crippen LogP contribution < -0.4 is 14.4 Å². The van der Waals surface area contributed by atoms with Crippen LogP contribution in [-0.2, 0) is 19.6 Å². The molecule has 0 bridgehead atoms. The number of sulfonamides is 1. The van der Waals surface area contributed by atoms with Gasteiger partial charge in [-0.25, -0.2) is 13.2 Å². The van der Waals surface area contributed by atoms with Crippen LogP contribution in [0.5, 0.6) is 5.75 Å². The summed E-state index contributed by atoms with van der Waals surface area (Å²) in [6.07, 6.45) is 1.51. The van der Waals surface area contributed by atoms with Gasteiger partial charge in [0, 0.05) is 18.7 Å². The van der Waals surface area contributed by atoms with Crippen molar-refractivity contribution in [3.63, 3.8) is 0 Å². The average Bonchev–Trinajstić information content (AvgIpc) is 2.70. The average molecular weight is 420 g/mol. The summed E-state index contributed by atoms with van der Waals surface area (Å²) in [5.41, 5.74) is 1.20. The van der Waals surface area contributed by atoms with Gasteiger partial charge in [-0.15, -0.1) is 0 Å². The standard InChI is InChI=1S/C20H24N2O6S/c1-27-18-11-5-4-10-17(18)22(29(3,25)26)13-7-12-19(23)21-16-9-6-8-15(14-16)20(24)28-2/h4-6,8-11,14H,7,12-13H2,1-3H3,(H,21,23). The highest BCUT2D eigenvalue weighted by molar-refractivity contribution is 7.92. The molecule has 0 spiro atoms. The van der Waals surface area contributed by atoms with Crippen LogP contribution in [-0.4, -0.2) is 47.3 Å². The number of nitrogens with one attached hydrogen (secondary N) is 1. The Morgan fingerprint density at radius 3 is 2.45 bits per heavy atom. The first kappa shape index (κ1) is 22.2. The Bertz CT molecular complexity index is 974. The van der Waals surface area contributed by atoms with Gasteiger partial charge < -0.3 is 14.8 Å². The third kappa shape index (κ3) is 6.21. The van der Waals surface area contributed by atoms with Crippen LogP contribution in [0.15, 0.2) is 48.5 Å². The first-order valence-electron chi connectivity index (χ1n) is 8.85. The number of carbonyl (C=O) groups is 2. The van der Waals surface area contributed by atoms with Crippen molar-refractivity contribution in [1.82, 2.24) is 0 Å². The predicted molar refractivity (Wildman–Crippen MR) is 111 cm³/mol. The van der Waals surface area contributed by atoms with E-state index < -0.39 is 16.0 Å². The Kier molecular flexibility index (Phi) is 7.60. The number of carbonyl (C=O) groups excluding carboxylic acids is 2. The number of rotatable bonds is 9. The van der Waals surface area contributed by atoms with Gasteiger partial charge in [-0.1, -0.05) is 18.2 Å². The zero-order valence-corrected chi connectivity index (χ0v) is 17.4. The number of hydrogen-bond donors (Lipinski definition) is 1. The van der Waals surface area contributed by atoms with Crippen molar-refractivity contribution in [1.29, 1.82) is 0 Å². The van der Waals surface area contributed by atoms with E-state index in [9.17, 15) is 18.0 Å². The van der Waals surface area contributed by atoms with Crippen LogP contribution in [0.2, 0.25) is 0 Å². The summed E-state index contributed by atoms with van der Waals surface area (Å²) in [6.45, 7) is 0.120. The second-order valence-corrected chi connectivity index (χ2v) is 8.14. The zero-order valence-electron chi connectivity index (χ0n) is 16.5. The van der Waals surface area contributed by atoms with E-state index in [4.69, 9.17) is 4.74 Å². The van der Waals surface area contributed by atoms with Crippen molar-refractivity contribution in [2.24, 2.45) is 0 Å². The molecule has 0 aliphatic rings. The first-order chi connectivity index (χ1) is 13.8. The third-order valence-electron chi connectivity index (χ3n) is 4.09. The molecule has 0 heterocycles. The maximum absolute atomic E-state index is 12.2. The topological polar surface area (TPSA) is 102 Å². The largest absolute Gasteiger partial charge is 0.495 e. The predicted octanol–water partition coefficient (Wildman–Crippen LogP) is 2.67. The number of benzene rings is 2. The van der Waals surface area contributed by atoms with Crippen LogP contribution in [0.1, 0.15) is 23.2 Å². The van der Waals surface area contributed by atoms with E-state index in [2.05, 4.69) is 10.1 Å². The van der Waals surface area contributed by atoms with Crippen molar-refractivity contribution in [3.05, 3.63) is 54.1 Å². The molecular formula is C20H24N2O6S. The van der Waals surface area contributed by atoms with Gasteiger partial charge in [-0.2, -0.15) is 0 Å². The van der Waals surface area contributed by atoms with Crippen LogP contribution in [0.25, 0.3) is 0 Å². The minimum atomic E-state index is -3.56. The third-order valence-corrected chi connectivity index (χ3v) is 5.27. The molecule has 0 aliphatic heterocycles. The van der Waals surface area contributed by atoms with E-state index in [1.807, 2.05) is 0 Å². The van der Waals surface area contributed by atoms with Crippen molar-refractivity contribution < 1.29 is 27.5 Å². The molecule has 0 atom stereocenters. The molecule has 0 saturated carbocycles. The molecule has 0 unspecified atom stereocenters. The number of nitrogens with zero attached hydrogens (tertiary/aromatic N) is 1. The molecule has 0 aromatic heterocycles. The van der Waals surface area contributed by atoms with Gasteiger partial charge in [0.05, 0.1) is 31.7 Å². The number of hydrogen-bond acceptors (Lipinski definition) is 6. The molecule has 0 fully saturated rings. The SMILES string of the molecule is COC(=O)c1cccc(NC(=O)CCCN(c2ccccc2OC)S(C)(=O)=O)c1. The van der Waals surface area contributed by atoms with Crippen LogP contribution >= 0.6 is 0 Å². The molecule has 0 saturated heterocycles. The maximum atomic E-state index is 12.2. The first-order valence-corrected chi connectivity index (χ1v) is 10.7. The lowest BCUT2D eigenvalue weighted by atomic mass is 10.2. The number of ether oxygens (including phenoxy) is 2. The summed E-state index contributed by atoms with van der Waals surface area (Å²) >= 11 is 0. The molecule has 2 rings (SSSR count). The van der Waals surface area contributed by atoms with Gasteiger partial charge in [0.2, 0.25) is 15.9 Å². The summed E-state index contributed by atoms with van der Waals surface area (Å²) in [7, 11) is -0.807. The molecule has 156 valence electrons. The van der Waals surface area contributed by atoms with Gasteiger partial charge in [-0.3, -0.25) is 9.10 Å². The Balaban J connectivity index is 2.01. The van der Waals surface area contributed by atoms with E-state index >= 15 is 0 Å². The number of anilines is 2. The van der Waals surface area contributed by atoms with E-state index in [1.54, 1.807) is 42.5 Å². The quantitative estimate of drug-likeness (QED) is 0.626. The van der Waals surface area contributed by atoms with Crippen molar-refractivity contribution in [3.8, 4) is 5.75 Å². The van der Waals surface area contributed by atoms with E-state index in [0.717, 1.165) is 6.26 Å². The Labute approximate surface area is 170 Å². The normalized spacial score (nSPS) is 10.9. The van der Waals surface area contributed by atoms with Gasteiger partial charge in [0.25, 0.3) is 0 Å². The molecule has 8 nitrogen and oxygen atoms in total. The Morgan fingerprint density at radius 1 is 1.07 bits per heavy atom. The second kappa shape index (κ2) is 9.92. The van der Waals surface area contributed by atoms with Gasteiger partial charge in [0.1, 0.15) is 5.75 Å². The lowest BCUT2D eigenvalue weighted by molar-refractivity contribution is -0.116. The molecule has 2 aromatic rings. The molecule has 1 amide bonds. The fraction of sp³-hybridized carbons (Fsp3) is 0.300. The molecule has 2 aromatic carbocycles. The van der Waals surface area contributed by atoms with Gasteiger partial charge in [0.15, 0.2) is 0 Å². The van der Waals surface area contributed by atoms with Crippen LogP contribution in [0.4, 0.5) is 11.4 Å². The lowest BCUT2D eigenvalue weighted by Gasteiger charge is -2.24. The highest BCUT2D eigenvalue weighted by atomic mass is 32.2. The number of amides is 1. The van der Waals surface area contributed by atoms with E-state index in [1.165, 1.54) is 24.6 Å². The molecular weight excluding hydrogens is 396 g/mol. The van der Waals surface area contributed by atoms with E-state index in [0.29, 0.717) is 29.1 Å². The molecule has 0 radical (unpaired) electrons. The molecule has 9 heteroatoms. The fourth-order valence-corrected chi connectivity index (χ4v) is 3.72. The smallest absolute Gasteiger partial charge is 0.337 e. The second-order valence-electron chi connectivity index (χ2n) is 6.23. The van der Waals surface area contributed by atoms with Crippen molar-refractivity contribution in [2.75, 3.05) is 36.6 Å². The van der Waals surface area contributed by atoms with Crippen molar-refractivity contribution in [2.45, 2.75) is 12.8 Å². The van der Waals surface area contributed by atoms with E-state index in [-0.39, 0.29) is 18.9 Å². The van der Waals surface area contributed by atoms with Gasteiger partial charge in [-0.05, 0) is 36.8 Å². The zero-order chi connectivity index (χ0) is 21.4. The van der Waals surface area contributed by atoms with Crippen molar-refractivity contribution >= 4 is 33.3 Å². The highest BCUT2D eigenvalue weighted by Crippen LogP contribution is 2.29. The summed E-state index contributed by atoms with van der Waals surface area (Å²) in [5, 5.41) is 2.70. The maximum Gasteiger partial charge on any atom is 0.337 e. The minimum absolute atomic E-state index is 0.101. The Hall–Kier alpha value is -3.07. The minimum Gasteiger partial charge on any atom is -0.495 e. The monoisotopic (exact) mass is 420 g/mol. The summed E-state index contributed by atoms with van der Waals surface area (Å²) in [5.74, 6) is -0.357. The molecule has 1 N–H and O–H groups in total. The van der Waals surface area contributed by atoms with Gasteiger partial charge >= 0.3 is 5.97 Å². The number of methoxy groups -OCH3 is 2. The van der Waals surface area contributed by atoms with Crippen LogP contribution in [0, 0.1) is 0 Å². The molecule has 0 aliphatic carbocycles.